The molecule has 1 heterocycles. The average molecular weight is 391 g/mol. The van der Waals surface area contributed by atoms with Crippen molar-refractivity contribution < 1.29 is 5.11 Å². The van der Waals surface area contributed by atoms with Gasteiger partial charge in [-0.1, -0.05) is 13.0 Å². The van der Waals surface area contributed by atoms with Crippen LogP contribution in [0.3, 0.4) is 0 Å². The molecular formula is C24H30N4O. The highest BCUT2D eigenvalue weighted by Crippen LogP contribution is 2.60. The van der Waals surface area contributed by atoms with Gasteiger partial charge in [0.25, 0.3) is 0 Å². The van der Waals surface area contributed by atoms with Crippen LogP contribution in [0.25, 0.3) is 0 Å². The van der Waals surface area contributed by atoms with E-state index in [1.165, 1.54) is 42.5 Å². The van der Waals surface area contributed by atoms with E-state index >= 15 is 0 Å². The van der Waals surface area contributed by atoms with E-state index in [1.54, 1.807) is 0 Å². The molecule has 5 rings (SSSR count). The zero-order chi connectivity index (χ0) is 20.2. The predicted octanol–water partition coefficient (Wildman–Crippen LogP) is 4.77. The Morgan fingerprint density at radius 3 is 2.90 bits per heavy atom. The summed E-state index contributed by atoms with van der Waals surface area (Å²) in [5.41, 5.74) is 6.33. The maximum Gasteiger partial charge on any atom is 0.115 e. The normalized spacial score (nSPS) is 32.4. The first-order chi connectivity index (χ1) is 14.0. The van der Waals surface area contributed by atoms with Crippen molar-refractivity contribution in [3.63, 3.8) is 0 Å². The molecule has 1 aromatic carbocycles. The zero-order valence-corrected chi connectivity index (χ0v) is 17.6. The van der Waals surface area contributed by atoms with Gasteiger partial charge in [0.15, 0.2) is 0 Å². The van der Waals surface area contributed by atoms with Crippen molar-refractivity contribution in [1.29, 1.82) is 0 Å². The molecule has 29 heavy (non-hydrogen) atoms. The van der Waals surface area contributed by atoms with Crippen LogP contribution in [0, 0.1) is 24.2 Å². The molecule has 2 aromatic rings. The Morgan fingerprint density at radius 1 is 1.24 bits per heavy atom. The minimum atomic E-state index is 0.177. The number of fused-ring (bicyclic) bond motifs is 5. The summed E-state index contributed by atoms with van der Waals surface area (Å²) in [5, 5.41) is 23.4. The van der Waals surface area contributed by atoms with Crippen LogP contribution in [0.1, 0.15) is 67.3 Å². The molecule has 1 aromatic heterocycles. The van der Waals surface area contributed by atoms with Gasteiger partial charge in [0.1, 0.15) is 5.75 Å². The molecule has 0 bridgehead atoms. The number of hydrogen-bond donors (Lipinski definition) is 1. The van der Waals surface area contributed by atoms with Crippen LogP contribution in [-0.2, 0) is 13.5 Å². The molecule has 5 nitrogen and oxygen atoms in total. The number of hydrogen-bond acceptors (Lipinski definition) is 4. The maximum atomic E-state index is 9.86. The molecule has 0 spiro atoms. The van der Waals surface area contributed by atoms with Crippen molar-refractivity contribution >= 4 is 11.9 Å². The Balaban J connectivity index is 1.39. The summed E-state index contributed by atoms with van der Waals surface area (Å²) in [6, 6.07) is 6.02. The lowest BCUT2D eigenvalue weighted by Gasteiger charge is -2.49. The Hall–Kier alpha value is -2.43. The molecule has 0 saturated heterocycles. The molecule has 0 aliphatic heterocycles. The largest absolute Gasteiger partial charge is 0.508 e. The molecule has 0 unspecified atom stereocenters. The molecule has 3 aliphatic carbocycles. The van der Waals surface area contributed by atoms with Crippen LogP contribution in [0.2, 0.25) is 0 Å². The molecule has 2 fully saturated rings. The Morgan fingerprint density at radius 2 is 2.10 bits per heavy atom. The van der Waals surface area contributed by atoms with Crippen molar-refractivity contribution in [3.8, 4) is 5.75 Å². The fourth-order valence-electron chi connectivity index (χ4n) is 6.43. The Bertz CT molecular complexity index is 1000. The molecular weight excluding hydrogens is 360 g/mol. The van der Waals surface area contributed by atoms with Crippen LogP contribution in [0.4, 0.5) is 0 Å². The SMILES string of the molecule is Cc1nn(C)cc1/C=N\N=C1\CC[C@@H]2[C@H]3CCc4cc(O)ccc4[C@@H]3CC[C@@]12C. The van der Waals surface area contributed by atoms with Crippen molar-refractivity contribution in [2.45, 2.75) is 58.3 Å². The molecule has 4 atom stereocenters. The van der Waals surface area contributed by atoms with Crippen molar-refractivity contribution in [2.24, 2.45) is 34.5 Å². The summed E-state index contributed by atoms with van der Waals surface area (Å²) in [6.07, 6.45) is 10.8. The van der Waals surface area contributed by atoms with Crippen LogP contribution in [0.15, 0.2) is 34.6 Å². The quantitative estimate of drug-likeness (QED) is 0.593. The Kier molecular flexibility index (Phi) is 4.37. The maximum absolute atomic E-state index is 9.86. The van der Waals surface area contributed by atoms with Gasteiger partial charge in [0.2, 0.25) is 0 Å². The van der Waals surface area contributed by atoms with E-state index in [1.807, 2.05) is 43.2 Å². The van der Waals surface area contributed by atoms with Crippen molar-refractivity contribution in [3.05, 3.63) is 46.8 Å². The van der Waals surface area contributed by atoms with Gasteiger partial charge >= 0.3 is 0 Å². The lowest BCUT2D eigenvalue weighted by Crippen LogP contribution is -2.42. The van der Waals surface area contributed by atoms with E-state index in [9.17, 15) is 5.11 Å². The van der Waals surface area contributed by atoms with Gasteiger partial charge in [-0.15, -0.1) is 0 Å². The first-order valence-electron chi connectivity index (χ1n) is 10.9. The van der Waals surface area contributed by atoms with Crippen LogP contribution >= 0.6 is 0 Å². The topological polar surface area (TPSA) is 62.8 Å². The number of phenols is 1. The molecule has 0 amide bonds. The monoisotopic (exact) mass is 390 g/mol. The van der Waals surface area contributed by atoms with Gasteiger partial charge in [0, 0.05) is 29.9 Å². The smallest absolute Gasteiger partial charge is 0.115 e. The number of phenolic OH excluding ortho intramolecular Hbond substituents is 1. The molecule has 2 saturated carbocycles. The third kappa shape index (κ3) is 3.02. The summed E-state index contributed by atoms with van der Waals surface area (Å²) in [7, 11) is 1.93. The summed E-state index contributed by atoms with van der Waals surface area (Å²) < 4.78 is 1.82. The number of rotatable bonds is 2. The molecule has 152 valence electrons. The van der Waals surface area contributed by atoms with Gasteiger partial charge < -0.3 is 5.11 Å². The lowest BCUT2D eigenvalue weighted by atomic mass is 9.55. The van der Waals surface area contributed by atoms with Gasteiger partial charge in [-0.3, -0.25) is 4.68 Å². The highest BCUT2D eigenvalue weighted by Gasteiger charge is 2.53. The lowest BCUT2D eigenvalue weighted by molar-refractivity contribution is 0.0955. The van der Waals surface area contributed by atoms with Crippen molar-refractivity contribution in [2.75, 3.05) is 0 Å². The van der Waals surface area contributed by atoms with E-state index in [0.717, 1.165) is 30.0 Å². The van der Waals surface area contributed by atoms with Gasteiger partial charge in [-0.25, -0.2) is 0 Å². The van der Waals surface area contributed by atoms with Crippen molar-refractivity contribution in [1.82, 2.24) is 9.78 Å². The second-order valence-corrected chi connectivity index (χ2v) is 9.43. The van der Waals surface area contributed by atoms with Crippen LogP contribution < -0.4 is 0 Å². The fraction of sp³-hybridized carbons (Fsp3) is 0.542. The third-order valence-electron chi connectivity index (χ3n) is 7.88. The van der Waals surface area contributed by atoms with E-state index in [0.29, 0.717) is 17.6 Å². The number of aryl methyl sites for hydroxylation is 3. The zero-order valence-electron chi connectivity index (χ0n) is 17.6. The highest BCUT2D eigenvalue weighted by atomic mass is 16.3. The minimum absolute atomic E-state index is 0.177. The van der Waals surface area contributed by atoms with E-state index in [4.69, 9.17) is 5.10 Å². The van der Waals surface area contributed by atoms with Gasteiger partial charge in [0.05, 0.1) is 11.9 Å². The number of aromatic hydroxyl groups is 1. The highest BCUT2D eigenvalue weighted by molar-refractivity contribution is 5.93. The van der Waals surface area contributed by atoms with Gasteiger partial charge in [-0.05, 0) is 86.5 Å². The summed E-state index contributed by atoms with van der Waals surface area (Å²) >= 11 is 0. The third-order valence-corrected chi connectivity index (χ3v) is 7.88. The summed E-state index contributed by atoms with van der Waals surface area (Å²) in [5.74, 6) is 2.46. The number of nitrogens with zero attached hydrogens (tertiary/aromatic N) is 4. The molecule has 1 N–H and O–H groups in total. The molecule has 5 heteroatoms. The molecule has 3 aliphatic rings. The number of benzene rings is 1. The average Bonchev–Trinajstić information content (AvgIpc) is 3.19. The van der Waals surface area contributed by atoms with Crippen LogP contribution in [-0.4, -0.2) is 26.8 Å². The first kappa shape index (κ1) is 18.6. The Labute approximate surface area is 172 Å². The van der Waals surface area contributed by atoms with Crippen LogP contribution in [0.5, 0.6) is 5.75 Å². The first-order valence-corrected chi connectivity index (χ1v) is 10.9. The van der Waals surface area contributed by atoms with E-state index in [-0.39, 0.29) is 5.41 Å². The molecule has 0 radical (unpaired) electrons. The standard InChI is InChI=1S/C24H30N4O/c1-15-17(14-28(3)27-15)13-25-26-23-9-8-22-21-6-4-16-12-18(29)5-7-19(16)20(21)10-11-24(22,23)2/h5,7,12-14,20-22,29H,4,6,8-11H2,1-3H3/b25-13-,26-23-/t20-,21-,22+,24+/m0/s1. The summed E-state index contributed by atoms with van der Waals surface area (Å²) in [6.45, 7) is 4.43. The summed E-state index contributed by atoms with van der Waals surface area (Å²) in [4.78, 5) is 0. The van der Waals surface area contributed by atoms with E-state index < -0.39 is 0 Å². The minimum Gasteiger partial charge on any atom is -0.508 e. The predicted molar refractivity (Wildman–Crippen MR) is 116 cm³/mol. The van der Waals surface area contributed by atoms with Gasteiger partial charge in [-0.2, -0.15) is 15.3 Å². The fourth-order valence-corrected chi connectivity index (χ4v) is 6.43. The van der Waals surface area contributed by atoms with E-state index in [2.05, 4.69) is 23.2 Å². The second-order valence-electron chi connectivity index (χ2n) is 9.43. The number of aromatic nitrogens is 2. The second kappa shape index (κ2) is 6.82.